The van der Waals surface area contributed by atoms with E-state index in [1.54, 1.807) is 48.4 Å². The quantitative estimate of drug-likeness (QED) is 0.491. The standard InChI is InChI=1S/C27H32N8O5/c1-32(2)25(37)21-9-16-11-29-26(31-24(16)35(21)17-5-3-4-6-17)30-22-8-7-18(12-28-22)33-13-20-15-40-14-19(10-23(33)36)34(20)27(38)39/h7-9,11-12,17,19-20H,3-6,10,13-15H2,1-2H3,(H,38,39)(H,28,29,30,31). The van der Waals surface area contributed by atoms with Gasteiger partial charge in [-0.05, 0) is 31.0 Å². The molecule has 0 spiro atoms. The van der Waals surface area contributed by atoms with Crippen molar-refractivity contribution in [2.45, 2.75) is 50.2 Å². The number of nitrogens with one attached hydrogen (secondary N) is 1. The van der Waals surface area contributed by atoms with Gasteiger partial charge in [0.25, 0.3) is 5.91 Å². The fourth-order valence-electron chi connectivity index (χ4n) is 6.01. The number of ether oxygens (including phenoxy) is 1. The summed E-state index contributed by atoms with van der Waals surface area (Å²) >= 11 is 0. The zero-order valence-electron chi connectivity index (χ0n) is 22.5. The van der Waals surface area contributed by atoms with Crippen LogP contribution in [-0.4, -0.2) is 98.3 Å². The molecule has 0 radical (unpaired) electrons. The van der Waals surface area contributed by atoms with Crippen molar-refractivity contribution < 1.29 is 24.2 Å². The molecule has 210 valence electrons. The molecule has 3 aliphatic rings. The molecule has 3 aromatic heterocycles. The minimum Gasteiger partial charge on any atom is -0.465 e. The predicted molar refractivity (Wildman–Crippen MR) is 146 cm³/mol. The SMILES string of the molecule is CN(C)C(=O)c1cc2cnc(Nc3ccc(N4CC5COCC(CC4=O)N5C(=O)O)cn3)nc2n1C1CCCC1. The Labute approximate surface area is 230 Å². The lowest BCUT2D eigenvalue weighted by atomic mass is 10.1. The fourth-order valence-corrected chi connectivity index (χ4v) is 6.01. The van der Waals surface area contributed by atoms with Crippen LogP contribution in [0.1, 0.15) is 48.6 Å². The second kappa shape index (κ2) is 10.4. The van der Waals surface area contributed by atoms with Gasteiger partial charge >= 0.3 is 6.09 Å². The van der Waals surface area contributed by atoms with Crippen molar-refractivity contribution in [3.8, 4) is 0 Å². The van der Waals surface area contributed by atoms with Gasteiger partial charge in [0.2, 0.25) is 11.9 Å². The van der Waals surface area contributed by atoms with E-state index >= 15 is 0 Å². The number of rotatable bonds is 5. The highest BCUT2D eigenvalue weighted by Crippen LogP contribution is 2.35. The summed E-state index contributed by atoms with van der Waals surface area (Å²) in [5.41, 5.74) is 1.89. The topological polar surface area (TPSA) is 146 Å². The summed E-state index contributed by atoms with van der Waals surface area (Å²) in [6, 6.07) is 4.63. The van der Waals surface area contributed by atoms with Gasteiger partial charge in [0.05, 0.1) is 37.2 Å². The molecule has 2 aliphatic heterocycles. The van der Waals surface area contributed by atoms with E-state index in [0.717, 1.165) is 31.1 Å². The first-order valence-electron chi connectivity index (χ1n) is 13.5. The number of fused-ring (bicyclic) bond motifs is 3. The molecule has 2 saturated heterocycles. The Balaban J connectivity index is 1.25. The van der Waals surface area contributed by atoms with E-state index in [2.05, 4.69) is 19.9 Å². The van der Waals surface area contributed by atoms with Crippen molar-refractivity contribution >= 4 is 46.4 Å². The normalized spacial score (nSPS) is 21.5. The zero-order chi connectivity index (χ0) is 28.0. The Morgan fingerprint density at radius 2 is 1.85 bits per heavy atom. The van der Waals surface area contributed by atoms with Crippen molar-refractivity contribution in [1.29, 1.82) is 0 Å². The van der Waals surface area contributed by atoms with Crippen LogP contribution < -0.4 is 10.2 Å². The van der Waals surface area contributed by atoms with Crippen LogP contribution in [0, 0.1) is 0 Å². The van der Waals surface area contributed by atoms with E-state index in [4.69, 9.17) is 9.72 Å². The summed E-state index contributed by atoms with van der Waals surface area (Å²) < 4.78 is 7.62. The lowest BCUT2D eigenvalue weighted by molar-refractivity contribution is -0.119. The summed E-state index contributed by atoms with van der Waals surface area (Å²) in [4.78, 5) is 56.0. The van der Waals surface area contributed by atoms with Crippen molar-refractivity contribution in [3.63, 3.8) is 0 Å². The molecular weight excluding hydrogens is 516 g/mol. The highest BCUT2D eigenvalue weighted by molar-refractivity contribution is 5.98. The number of amides is 3. The third-order valence-electron chi connectivity index (χ3n) is 7.92. The molecule has 2 bridgehead atoms. The number of hydrogen-bond acceptors (Lipinski definition) is 8. The van der Waals surface area contributed by atoms with Crippen LogP contribution in [-0.2, 0) is 9.53 Å². The lowest BCUT2D eigenvalue weighted by Crippen LogP contribution is -2.55. The Bertz CT molecular complexity index is 1450. The number of carbonyl (C=O) groups excluding carboxylic acids is 2. The minimum atomic E-state index is -1.04. The first-order chi connectivity index (χ1) is 19.3. The molecule has 2 N–H and O–H groups in total. The van der Waals surface area contributed by atoms with E-state index in [1.807, 2.05) is 6.07 Å². The molecule has 0 aromatic carbocycles. The average Bonchev–Trinajstić information content (AvgIpc) is 3.57. The summed E-state index contributed by atoms with van der Waals surface area (Å²) in [7, 11) is 3.49. The van der Waals surface area contributed by atoms with Gasteiger partial charge in [0, 0.05) is 44.7 Å². The maximum Gasteiger partial charge on any atom is 0.408 e. The number of carbonyl (C=O) groups is 3. The molecular formula is C27H32N8O5. The van der Waals surface area contributed by atoms with Gasteiger partial charge in [-0.15, -0.1) is 0 Å². The fraction of sp³-hybridized carbons (Fsp3) is 0.481. The molecule has 2 unspecified atom stereocenters. The summed E-state index contributed by atoms with van der Waals surface area (Å²) in [5, 5.41) is 13.6. The molecule has 1 aliphatic carbocycles. The molecule has 3 aromatic rings. The lowest BCUT2D eigenvalue weighted by Gasteiger charge is -2.37. The van der Waals surface area contributed by atoms with Gasteiger partial charge in [-0.3, -0.25) is 14.5 Å². The first-order valence-corrected chi connectivity index (χ1v) is 13.5. The summed E-state index contributed by atoms with van der Waals surface area (Å²) in [6.07, 6.45) is 6.54. The van der Waals surface area contributed by atoms with Crippen LogP contribution in [0.25, 0.3) is 11.0 Å². The van der Waals surface area contributed by atoms with Crippen molar-refractivity contribution in [1.82, 2.24) is 29.3 Å². The first kappa shape index (κ1) is 26.0. The van der Waals surface area contributed by atoms with Crippen molar-refractivity contribution in [3.05, 3.63) is 36.3 Å². The molecule has 1 saturated carbocycles. The number of aromatic nitrogens is 4. The molecule has 13 nitrogen and oxygen atoms in total. The highest BCUT2D eigenvalue weighted by Gasteiger charge is 2.41. The number of nitrogens with zero attached hydrogens (tertiary/aromatic N) is 7. The van der Waals surface area contributed by atoms with E-state index in [1.165, 1.54) is 4.90 Å². The Morgan fingerprint density at radius 3 is 2.55 bits per heavy atom. The largest absolute Gasteiger partial charge is 0.465 e. The van der Waals surface area contributed by atoms with Gasteiger partial charge in [0.15, 0.2) is 0 Å². The maximum absolute atomic E-state index is 13.0. The van der Waals surface area contributed by atoms with E-state index < -0.39 is 18.2 Å². The third-order valence-corrected chi connectivity index (χ3v) is 7.92. The Hall–Kier alpha value is -4.26. The van der Waals surface area contributed by atoms with Crippen LogP contribution in [0.15, 0.2) is 30.6 Å². The van der Waals surface area contributed by atoms with Gasteiger partial charge in [-0.2, -0.15) is 4.98 Å². The molecule has 3 amide bonds. The van der Waals surface area contributed by atoms with Crippen LogP contribution in [0.4, 0.5) is 22.2 Å². The van der Waals surface area contributed by atoms with Crippen LogP contribution >= 0.6 is 0 Å². The summed E-state index contributed by atoms with van der Waals surface area (Å²) in [6.45, 7) is 0.648. The van der Waals surface area contributed by atoms with Crippen LogP contribution in [0.2, 0.25) is 0 Å². The molecule has 6 rings (SSSR count). The third kappa shape index (κ3) is 4.70. The molecule has 5 heterocycles. The van der Waals surface area contributed by atoms with E-state index in [-0.39, 0.29) is 44.0 Å². The number of anilines is 3. The minimum absolute atomic E-state index is 0.0512. The monoisotopic (exact) mass is 548 g/mol. The summed E-state index contributed by atoms with van der Waals surface area (Å²) in [5.74, 6) is 0.601. The number of morpholine rings is 1. The molecule has 40 heavy (non-hydrogen) atoms. The number of pyridine rings is 1. The Morgan fingerprint density at radius 1 is 1.07 bits per heavy atom. The predicted octanol–water partition coefficient (Wildman–Crippen LogP) is 2.87. The zero-order valence-corrected chi connectivity index (χ0v) is 22.5. The second-order valence-corrected chi connectivity index (χ2v) is 10.8. The average molecular weight is 549 g/mol. The van der Waals surface area contributed by atoms with Gasteiger partial charge in [-0.1, -0.05) is 12.8 Å². The van der Waals surface area contributed by atoms with Crippen molar-refractivity contribution in [2.75, 3.05) is 44.1 Å². The number of carboxylic acid groups (broad SMARTS) is 1. The Kier molecular flexibility index (Phi) is 6.74. The smallest absolute Gasteiger partial charge is 0.408 e. The van der Waals surface area contributed by atoms with Gasteiger partial charge in [0.1, 0.15) is 17.2 Å². The second-order valence-electron chi connectivity index (χ2n) is 10.8. The molecule has 2 atom stereocenters. The van der Waals surface area contributed by atoms with E-state index in [0.29, 0.717) is 28.8 Å². The molecule has 3 fully saturated rings. The van der Waals surface area contributed by atoms with Crippen LogP contribution in [0.5, 0.6) is 0 Å². The van der Waals surface area contributed by atoms with E-state index in [9.17, 15) is 19.5 Å². The van der Waals surface area contributed by atoms with Gasteiger partial charge in [-0.25, -0.2) is 14.8 Å². The highest BCUT2D eigenvalue weighted by atomic mass is 16.5. The maximum atomic E-state index is 13.0. The van der Waals surface area contributed by atoms with Crippen LogP contribution in [0.3, 0.4) is 0 Å². The van der Waals surface area contributed by atoms with Crippen molar-refractivity contribution in [2.24, 2.45) is 0 Å². The number of hydrogen-bond donors (Lipinski definition) is 2. The molecule has 13 heteroatoms. The van der Waals surface area contributed by atoms with Gasteiger partial charge < -0.3 is 29.5 Å².